The summed E-state index contributed by atoms with van der Waals surface area (Å²) >= 11 is 0. The van der Waals surface area contributed by atoms with Crippen molar-refractivity contribution in [1.82, 2.24) is 10.2 Å². The fourth-order valence-electron chi connectivity index (χ4n) is 2.87. The number of likely N-dealkylation sites (tertiary alicyclic amines) is 1. The zero-order valence-electron chi connectivity index (χ0n) is 12.9. The fourth-order valence-corrected chi connectivity index (χ4v) is 2.87. The largest absolute Gasteiger partial charge is 0.335 e. The fraction of sp³-hybridized carbons (Fsp3) is 0.562. The third-order valence-electron chi connectivity index (χ3n) is 3.97. The average Bonchev–Trinajstić information content (AvgIpc) is 2.36. The van der Waals surface area contributed by atoms with Crippen molar-refractivity contribution in [3.05, 3.63) is 28.8 Å². The number of urea groups is 1. The molecule has 2 rings (SSSR count). The molecule has 0 saturated carbocycles. The van der Waals surface area contributed by atoms with Gasteiger partial charge >= 0.3 is 6.03 Å². The molecule has 1 saturated heterocycles. The predicted molar refractivity (Wildman–Crippen MR) is 83.3 cm³/mol. The lowest BCUT2D eigenvalue weighted by atomic mass is 10.0. The van der Waals surface area contributed by atoms with Crippen LogP contribution in [0.1, 0.15) is 29.5 Å². The lowest BCUT2D eigenvalue weighted by Gasteiger charge is -2.29. The minimum absolute atomic E-state index is 0.0883. The number of carbonyl (C=O) groups excluding carboxylic acids is 1. The van der Waals surface area contributed by atoms with Gasteiger partial charge in [-0.15, -0.1) is 0 Å². The minimum Gasteiger partial charge on any atom is -0.335 e. The summed E-state index contributed by atoms with van der Waals surface area (Å²) < 4.78 is 0. The van der Waals surface area contributed by atoms with E-state index in [9.17, 15) is 4.79 Å². The highest BCUT2D eigenvalue weighted by atomic mass is 16.2. The first-order chi connectivity index (χ1) is 9.45. The number of carbonyl (C=O) groups is 1. The number of piperidine rings is 1. The van der Waals surface area contributed by atoms with Gasteiger partial charge in [0.2, 0.25) is 0 Å². The molecule has 1 heterocycles. The first kappa shape index (κ1) is 14.9. The van der Waals surface area contributed by atoms with Crippen LogP contribution in [0, 0.1) is 20.8 Å². The van der Waals surface area contributed by atoms with E-state index in [1.165, 1.54) is 5.56 Å². The predicted octanol–water partition coefficient (Wildman–Crippen LogP) is 2.83. The third kappa shape index (κ3) is 3.73. The van der Waals surface area contributed by atoms with Crippen LogP contribution in [-0.4, -0.2) is 37.1 Å². The first-order valence-corrected chi connectivity index (χ1v) is 7.29. The lowest BCUT2D eigenvalue weighted by Crippen LogP contribution is -2.45. The molecule has 2 N–H and O–H groups in total. The Kier molecular flexibility index (Phi) is 4.65. The highest BCUT2D eigenvalue weighted by Crippen LogP contribution is 2.21. The van der Waals surface area contributed by atoms with Crippen molar-refractivity contribution < 1.29 is 4.79 Å². The molecule has 0 aliphatic carbocycles. The van der Waals surface area contributed by atoms with Crippen LogP contribution in [0.5, 0.6) is 0 Å². The quantitative estimate of drug-likeness (QED) is 0.871. The minimum atomic E-state index is -0.0883. The van der Waals surface area contributed by atoms with Crippen LogP contribution in [0.3, 0.4) is 0 Å². The van der Waals surface area contributed by atoms with E-state index in [-0.39, 0.29) is 12.1 Å². The van der Waals surface area contributed by atoms with E-state index in [4.69, 9.17) is 0 Å². The van der Waals surface area contributed by atoms with Crippen LogP contribution in [0.2, 0.25) is 0 Å². The molecule has 4 nitrogen and oxygen atoms in total. The van der Waals surface area contributed by atoms with Crippen LogP contribution < -0.4 is 10.6 Å². The van der Waals surface area contributed by atoms with E-state index in [1.54, 1.807) is 0 Å². The van der Waals surface area contributed by atoms with E-state index >= 15 is 0 Å². The number of rotatable bonds is 2. The van der Waals surface area contributed by atoms with Crippen molar-refractivity contribution in [2.75, 3.05) is 25.5 Å². The zero-order valence-corrected chi connectivity index (χ0v) is 12.9. The summed E-state index contributed by atoms with van der Waals surface area (Å²) in [5.74, 6) is 0. The molecule has 0 unspecified atom stereocenters. The van der Waals surface area contributed by atoms with Crippen molar-refractivity contribution in [3.63, 3.8) is 0 Å². The number of anilines is 1. The molecule has 0 radical (unpaired) electrons. The van der Waals surface area contributed by atoms with Gasteiger partial charge in [0.15, 0.2) is 0 Å². The van der Waals surface area contributed by atoms with Crippen LogP contribution in [-0.2, 0) is 0 Å². The Bertz CT molecular complexity index is 467. The van der Waals surface area contributed by atoms with Gasteiger partial charge in [-0.3, -0.25) is 0 Å². The molecule has 1 aromatic carbocycles. The third-order valence-corrected chi connectivity index (χ3v) is 3.97. The van der Waals surface area contributed by atoms with Crippen molar-refractivity contribution in [1.29, 1.82) is 0 Å². The van der Waals surface area contributed by atoms with E-state index in [2.05, 4.69) is 41.6 Å². The number of hydrogen-bond acceptors (Lipinski definition) is 2. The van der Waals surface area contributed by atoms with Gasteiger partial charge in [-0.2, -0.15) is 0 Å². The summed E-state index contributed by atoms with van der Waals surface area (Å²) in [6.45, 7) is 8.24. The number of amides is 2. The Morgan fingerprint density at radius 2 is 1.70 bits per heavy atom. The molecule has 0 aromatic heterocycles. The van der Waals surface area contributed by atoms with Crippen LogP contribution in [0.15, 0.2) is 12.1 Å². The molecular weight excluding hydrogens is 250 g/mol. The van der Waals surface area contributed by atoms with Crippen molar-refractivity contribution >= 4 is 11.7 Å². The maximum absolute atomic E-state index is 12.1. The maximum Gasteiger partial charge on any atom is 0.319 e. The van der Waals surface area contributed by atoms with Gasteiger partial charge in [-0.1, -0.05) is 17.7 Å². The molecule has 4 heteroatoms. The molecule has 2 amide bonds. The molecule has 20 heavy (non-hydrogen) atoms. The number of aryl methyl sites for hydroxylation is 3. The molecule has 0 spiro atoms. The molecular formula is C16H25N3O. The zero-order chi connectivity index (χ0) is 14.7. The van der Waals surface area contributed by atoms with Crippen LogP contribution in [0.25, 0.3) is 0 Å². The van der Waals surface area contributed by atoms with E-state index in [0.29, 0.717) is 0 Å². The van der Waals surface area contributed by atoms with Gasteiger partial charge < -0.3 is 15.5 Å². The summed E-state index contributed by atoms with van der Waals surface area (Å²) in [7, 11) is 2.12. The average molecular weight is 275 g/mol. The summed E-state index contributed by atoms with van der Waals surface area (Å²) in [5.41, 5.74) is 4.38. The molecule has 0 atom stereocenters. The lowest BCUT2D eigenvalue weighted by molar-refractivity contribution is 0.221. The number of hydrogen-bond donors (Lipinski definition) is 2. The Morgan fingerprint density at radius 1 is 1.15 bits per heavy atom. The summed E-state index contributed by atoms with van der Waals surface area (Å²) in [4.78, 5) is 14.4. The Hall–Kier alpha value is -1.55. The van der Waals surface area contributed by atoms with Crippen molar-refractivity contribution in [2.45, 2.75) is 39.7 Å². The standard InChI is InChI=1S/C16H25N3O/c1-11-9-12(2)15(13(3)10-11)18-16(20)17-14-5-7-19(4)8-6-14/h9-10,14H,5-8H2,1-4H3,(H2,17,18,20). The molecule has 1 aliphatic heterocycles. The van der Waals surface area contributed by atoms with Crippen LogP contribution >= 0.6 is 0 Å². The van der Waals surface area contributed by atoms with Gasteiger partial charge in [0.05, 0.1) is 0 Å². The number of nitrogens with zero attached hydrogens (tertiary/aromatic N) is 1. The van der Waals surface area contributed by atoms with Gasteiger partial charge in [-0.05, 0) is 64.9 Å². The summed E-state index contributed by atoms with van der Waals surface area (Å²) in [6.07, 6.45) is 2.05. The summed E-state index contributed by atoms with van der Waals surface area (Å²) in [5, 5.41) is 6.08. The second kappa shape index (κ2) is 6.27. The monoisotopic (exact) mass is 275 g/mol. The first-order valence-electron chi connectivity index (χ1n) is 7.29. The highest BCUT2D eigenvalue weighted by molar-refractivity contribution is 5.91. The summed E-state index contributed by atoms with van der Waals surface area (Å²) in [6, 6.07) is 4.39. The topological polar surface area (TPSA) is 44.4 Å². The molecule has 1 aromatic rings. The second-order valence-electron chi connectivity index (χ2n) is 5.95. The van der Waals surface area contributed by atoms with Gasteiger partial charge in [0.1, 0.15) is 0 Å². The van der Waals surface area contributed by atoms with E-state index < -0.39 is 0 Å². The Morgan fingerprint density at radius 3 is 2.25 bits per heavy atom. The molecule has 110 valence electrons. The van der Waals surface area contributed by atoms with E-state index in [0.717, 1.165) is 42.7 Å². The highest BCUT2D eigenvalue weighted by Gasteiger charge is 2.18. The SMILES string of the molecule is Cc1cc(C)c(NC(=O)NC2CCN(C)CC2)c(C)c1. The van der Waals surface area contributed by atoms with Crippen molar-refractivity contribution in [3.8, 4) is 0 Å². The molecule has 1 aliphatic rings. The van der Waals surface area contributed by atoms with Crippen molar-refractivity contribution in [2.24, 2.45) is 0 Å². The van der Waals surface area contributed by atoms with Crippen LogP contribution in [0.4, 0.5) is 10.5 Å². The molecule has 1 fully saturated rings. The van der Waals surface area contributed by atoms with Gasteiger partial charge in [-0.25, -0.2) is 4.79 Å². The second-order valence-corrected chi connectivity index (χ2v) is 5.95. The number of nitrogens with one attached hydrogen (secondary N) is 2. The Labute approximate surface area is 121 Å². The normalized spacial score (nSPS) is 17.0. The van der Waals surface area contributed by atoms with Gasteiger partial charge in [0.25, 0.3) is 0 Å². The molecule has 0 bridgehead atoms. The Balaban J connectivity index is 1.95. The van der Waals surface area contributed by atoms with E-state index in [1.807, 2.05) is 13.8 Å². The van der Waals surface area contributed by atoms with Gasteiger partial charge in [0, 0.05) is 11.7 Å². The smallest absolute Gasteiger partial charge is 0.319 e. The number of benzene rings is 1. The maximum atomic E-state index is 12.1.